The van der Waals surface area contributed by atoms with Crippen molar-refractivity contribution in [1.82, 2.24) is 10.2 Å². The summed E-state index contributed by atoms with van der Waals surface area (Å²) in [5.74, 6) is 1.16. The Morgan fingerprint density at radius 1 is 1.00 bits per heavy atom. The van der Waals surface area contributed by atoms with Gasteiger partial charge in [0.2, 0.25) is 11.8 Å². The summed E-state index contributed by atoms with van der Waals surface area (Å²) in [5, 5.41) is 2.95. The summed E-state index contributed by atoms with van der Waals surface area (Å²) in [5.41, 5.74) is 2.63. The van der Waals surface area contributed by atoms with Crippen molar-refractivity contribution in [3.05, 3.63) is 59.5 Å². The third-order valence-electron chi connectivity index (χ3n) is 5.91. The van der Waals surface area contributed by atoms with Crippen LogP contribution in [0.15, 0.2) is 47.1 Å². The first-order valence-electron chi connectivity index (χ1n) is 9.86. The fourth-order valence-electron chi connectivity index (χ4n) is 4.28. The Kier molecular flexibility index (Phi) is 5.28. The first-order chi connectivity index (χ1) is 13.2. The van der Waals surface area contributed by atoms with Crippen LogP contribution in [0.5, 0.6) is 0 Å². The SMILES string of the molecule is O=C(NCc1ccco1)C1CCC(C(=O)N2CCc3ccccc3C2)CC1. The molecule has 27 heavy (non-hydrogen) atoms. The van der Waals surface area contributed by atoms with Gasteiger partial charge in [-0.15, -0.1) is 0 Å². The van der Waals surface area contributed by atoms with Crippen LogP contribution < -0.4 is 5.32 Å². The highest BCUT2D eigenvalue weighted by molar-refractivity contribution is 5.81. The number of amides is 2. The van der Waals surface area contributed by atoms with E-state index in [0.29, 0.717) is 6.54 Å². The second-order valence-corrected chi connectivity index (χ2v) is 7.62. The Morgan fingerprint density at radius 3 is 2.48 bits per heavy atom. The summed E-state index contributed by atoms with van der Waals surface area (Å²) in [4.78, 5) is 27.3. The average Bonchev–Trinajstić information content (AvgIpc) is 3.25. The van der Waals surface area contributed by atoms with Crippen molar-refractivity contribution in [3.8, 4) is 0 Å². The van der Waals surface area contributed by atoms with Gasteiger partial charge in [0.1, 0.15) is 5.76 Å². The number of benzene rings is 1. The number of furan rings is 1. The molecule has 2 aliphatic rings. The molecule has 2 amide bonds. The van der Waals surface area contributed by atoms with Crippen LogP contribution in [0.25, 0.3) is 0 Å². The van der Waals surface area contributed by atoms with E-state index in [2.05, 4.69) is 23.5 Å². The first-order valence-corrected chi connectivity index (χ1v) is 9.86. The molecule has 1 N–H and O–H groups in total. The van der Waals surface area contributed by atoms with Crippen LogP contribution in [0.3, 0.4) is 0 Å². The van der Waals surface area contributed by atoms with E-state index < -0.39 is 0 Å². The van der Waals surface area contributed by atoms with Crippen molar-refractivity contribution in [3.63, 3.8) is 0 Å². The lowest BCUT2D eigenvalue weighted by Crippen LogP contribution is -2.42. The van der Waals surface area contributed by atoms with Crippen molar-refractivity contribution >= 4 is 11.8 Å². The Labute approximate surface area is 159 Å². The summed E-state index contributed by atoms with van der Waals surface area (Å²) in [6, 6.07) is 12.1. The van der Waals surface area contributed by atoms with Gasteiger partial charge in [0.25, 0.3) is 0 Å². The molecule has 2 aromatic rings. The zero-order valence-corrected chi connectivity index (χ0v) is 15.5. The lowest BCUT2D eigenvalue weighted by molar-refractivity contribution is -0.139. The van der Waals surface area contributed by atoms with Crippen LogP contribution in [-0.4, -0.2) is 23.3 Å². The number of nitrogens with zero attached hydrogens (tertiary/aromatic N) is 1. The molecule has 1 saturated carbocycles. The number of carbonyl (C=O) groups excluding carboxylic acids is 2. The Hall–Kier alpha value is -2.56. The van der Waals surface area contributed by atoms with Crippen molar-refractivity contribution in [1.29, 1.82) is 0 Å². The molecule has 1 aromatic heterocycles. The molecule has 0 atom stereocenters. The van der Waals surface area contributed by atoms with E-state index in [4.69, 9.17) is 4.42 Å². The van der Waals surface area contributed by atoms with Crippen molar-refractivity contribution < 1.29 is 14.0 Å². The molecule has 5 nitrogen and oxygen atoms in total. The van der Waals surface area contributed by atoms with E-state index in [1.807, 2.05) is 23.1 Å². The van der Waals surface area contributed by atoms with Gasteiger partial charge in [0, 0.05) is 24.9 Å². The van der Waals surface area contributed by atoms with E-state index in [9.17, 15) is 9.59 Å². The first kappa shape index (κ1) is 17.8. The molecule has 142 valence electrons. The van der Waals surface area contributed by atoms with E-state index in [-0.39, 0.29) is 23.7 Å². The number of hydrogen-bond acceptors (Lipinski definition) is 3. The molecule has 0 unspecified atom stereocenters. The van der Waals surface area contributed by atoms with Crippen LogP contribution in [-0.2, 0) is 29.1 Å². The lowest BCUT2D eigenvalue weighted by atomic mass is 9.80. The monoisotopic (exact) mass is 366 g/mol. The van der Waals surface area contributed by atoms with Crippen LogP contribution in [0.1, 0.15) is 42.6 Å². The number of carbonyl (C=O) groups is 2. The summed E-state index contributed by atoms with van der Waals surface area (Å²) in [6.07, 6.45) is 5.71. The summed E-state index contributed by atoms with van der Waals surface area (Å²) < 4.78 is 5.25. The number of rotatable bonds is 4. The second kappa shape index (κ2) is 7.99. The highest BCUT2D eigenvalue weighted by Crippen LogP contribution is 2.31. The van der Waals surface area contributed by atoms with Gasteiger partial charge < -0.3 is 14.6 Å². The van der Waals surface area contributed by atoms with Gasteiger partial charge >= 0.3 is 0 Å². The lowest BCUT2D eigenvalue weighted by Gasteiger charge is -2.34. The van der Waals surface area contributed by atoms with Crippen LogP contribution in [0, 0.1) is 11.8 Å². The maximum absolute atomic E-state index is 12.9. The van der Waals surface area contributed by atoms with Gasteiger partial charge in [0.15, 0.2) is 0 Å². The number of nitrogens with one attached hydrogen (secondary N) is 1. The Bertz CT molecular complexity index is 792. The normalized spacial score (nSPS) is 22.1. The molecule has 0 bridgehead atoms. The summed E-state index contributed by atoms with van der Waals surface area (Å²) in [6.45, 7) is 1.95. The zero-order valence-electron chi connectivity index (χ0n) is 15.5. The van der Waals surface area contributed by atoms with Crippen LogP contribution in [0.4, 0.5) is 0 Å². The minimum atomic E-state index is 0.00564. The van der Waals surface area contributed by atoms with E-state index in [1.165, 1.54) is 11.1 Å². The molecule has 5 heteroatoms. The van der Waals surface area contributed by atoms with Crippen LogP contribution >= 0.6 is 0 Å². The number of fused-ring (bicyclic) bond motifs is 1. The van der Waals surface area contributed by atoms with Gasteiger partial charge in [0.05, 0.1) is 12.8 Å². The smallest absolute Gasteiger partial charge is 0.225 e. The minimum Gasteiger partial charge on any atom is -0.467 e. The predicted molar refractivity (Wildman–Crippen MR) is 102 cm³/mol. The van der Waals surface area contributed by atoms with Gasteiger partial charge in [-0.1, -0.05) is 24.3 Å². The molecule has 1 aromatic carbocycles. The highest BCUT2D eigenvalue weighted by Gasteiger charge is 2.33. The van der Waals surface area contributed by atoms with E-state index >= 15 is 0 Å². The minimum absolute atomic E-state index is 0.00564. The molecule has 0 saturated heterocycles. The second-order valence-electron chi connectivity index (χ2n) is 7.62. The molecular weight excluding hydrogens is 340 g/mol. The summed E-state index contributed by atoms with van der Waals surface area (Å²) in [7, 11) is 0. The topological polar surface area (TPSA) is 62.6 Å². The molecule has 1 aliphatic heterocycles. The van der Waals surface area contributed by atoms with E-state index in [1.54, 1.807) is 6.26 Å². The fourth-order valence-corrected chi connectivity index (χ4v) is 4.28. The third-order valence-corrected chi connectivity index (χ3v) is 5.91. The fraction of sp³-hybridized carbons (Fsp3) is 0.455. The average molecular weight is 366 g/mol. The largest absolute Gasteiger partial charge is 0.467 e. The van der Waals surface area contributed by atoms with Crippen molar-refractivity contribution in [2.75, 3.05) is 6.54 Å². The maximum atomic E-state index is 12.9. The molecule has 4 rings (SSSR count). The highest BCUT2D eigenvalue weighted by atomic mass is 16.3. The quantitative estimate of drug-likeness (QED) is 0.903. The van der Waals surface area contributed by atoms with Crippen LogP contribution in [0.2, 0.25) is 0 Å². The van der Waals surface area contributed by atoms with Gasteiger partial charge in [-0.05, 0) is 55.4 Å². The standard InChI is InChI=1S/C22H26N2O3/c25-21(23-14-20-6-3-13-27-20)17-7-9-18(10-8-17)22(26)24-12-11-16-4-1-2-5-19(16)15-24/h1-6,13,17-18H,7-12,14-15H2,(H,23,25). The molecule has 1 aliphatic carbocycles. The van der Waals surface area contributed by atoms with Gasteiger partial charge in [-0.25, -0.2) is 0 Å². The van der Waals surface area contributed by atoms with Gasteiger partial charge in [-0.3, -0.25) is 9.59 Å². The molecule has 1 fully saturated rings. The molecule has 0 spiro atoms. The molecule has 0 radical (unpaired) electrons. The summed E-state index contributed by atoms with van der Waals surface area (Å²) >= 11 is 0. The third kappa shape index (κ3) is 4.07. The maximum Gasteiger partial charge on any atom is 0.225 e. The van der Waals surface area contributed by atoms with Crippen molar-refractivity contribution in [2.24, 2.45) is 11.8 Å². The zero-order chi connectivity index (χ0) is 18.6. The Balaban J connectivity index is 1.26. The Morgan fingerprint density at radius 2 is 1.74 bits per heavy atom. The molecule has 2 heterocycles. The van der Waals surface area contributed by atoms with Gasteiger partial charge in [-0.2, -0.15) is 0 Å². The number of hydrogen-bond donors (Lipinski definition) is 1. The van der Waals surface area contributed by atoms with Crippen molar-refractivity contribution in [2.45, 2.75) is 45.2 Å². The predicted octanol–water partition coefficient (Wildman–Crippen LogP) is 3.29. The molecular formula is C22H26N2O3. The van der Waals surface area contributed by atoms with E-state index in [0.717, 1.165) is 51.0 Å².